The molecule has 0 unspecified atom stereocenters. The molecule has 0 spiro atoms. The number of ketones is 1. The molecule has 0 radical (unpaired) electrons. The van der Waals surface area contributed by atoms with E-state index in [1.807, 2.05) is 18.9 Å². The van der Waals surface area contributed by atoms with Gasteiger partial charge < -0.3 is 9.64 Å². The number of ether oxygens (including phenoxy) is 1. The van der Waals surface area contributed by atoms with Gasteiger partial charge in [-0.05, 0) is 26.0 Å². The highest BCUT2D eigenvalue weighted by atomic mass is 19.1. The van der Waals surface area contributed by atoms with Crippen molar-refractivity contribution in [2.45, 2.75) is 13.8 Å². The third-order valence-corrected chi connectivity index (χ3v) is 3.26. The maximum absolute atomic E-state index is 13.1. The van der Waals surface area contributed by atoms with Gasteiger partial charge in [-0.25, -0.2) is 19.4 Å². The molecule has 0 aliphatic rings. The van der Waals surface area contributed by atoms with Crippen molar-refractivity contribution in [1.29, 1.82) is 0 Å². The summed E-state index contributed by atoms with van der Waals surface area (Å²) in [5.41, 5.74) is 1.19. The number of halogens is 1. The molecule has 0 saturated heterocycles. The molecule has 0 aliphatic carbocycles. The monoisotopic (exact) mass is 330 g/mol. The van der Waals surface area contributed by atoms with Crippen LogP contribution in [0.3, 0.4) is 0 Å². The van der Waals surface area contributed by atoms with Crippen molar-refractivity contribution < 1.29 is 13.9 Å². The molecule has 2 aromatic rings. The number of Topliss-reactive ketones (excluding diaryl/α,β-unsaturated/α-hetero) is 1. The Labute approximate surface area is 140 Å². The number of aromatic nitrogens is 2. The molecule has 0 aliphatic heterocycles. The van der Waals surface area contributed by atoms with E-state index >= 15 is 0 Å². The Morgan fingerprint density at radius 2 is 2.25 bits per heavy atom. The average Bonchev–Trinajstić information content (AvgIpc) is 2.58. The van der Waals surface area contributed by atoms with Crippen molar-refractivity contribution in [2.75, 3.05) is 20.2 Å². The molecule has 0 fully saturated rings. The van der Waals surface area contributed by atoms with Crippen LogP contribution in [0.25, 0.3) is 0 Å². The third-order valence-electron chi connectivity index (χ3n) is 3.26. The lowest BCUT2D eigenvalue weighted by atomic mass is 10.3. The Bertz CT molecular complexity index is 749. The van der Waals surface area contributed by atoms with E-state index in [1.165, 1.54) is 24.4 Å². The predicted octanol–water partition coefficient (Wildman–Crippen LogP) is 2.80. The number of aryl methyl sites for hydroxylation is 1. The van der Waals surface area contributed by atoms with Gasteiger partial charge in [-0.1, -0.05) is 6.07 Å². The largest absolute Gasteiger partial charge is 0.485 e. The predicted molar refractivity (Wildman–Crippen MR) is 89.5 cm³/mol. The van der Waals surface area contributed by atoms with E-state index in [4.69, 9.17) is 4.74 Å². The Morgan fingerprint density at radius 1 is 1.46 bits per heavy atom. The van der Waals surface area contributed by atoms with Crippen molar-refractivity contribution in [2.24, 2.45) is 4.99 Å². The van der Waals surface area contributed by atoms with Crippen LogP contribution in [0.15, 0.2) is 35.5 Å². The highest BCUT2D eigenvalue weighted by Crippen LogP contribution is 2.15. The SMILES string of the molecule is CCN(C)/C=N/c1cnc(C(=O)COc2cccc(F)c2)nc1C. The first-order chi connectivity index (χ1) is 11.5. The van der Waals surface area contributed by atoms with Crippen LogP contribution >= 0.6 is 0 Å². The van der Waals surface area contributed by atoms with E-state index < -0.39 is 5.82 Å². The van der Waals surface area contributed by atoms with Crippen LogP contribution in [0.2, 0.25) is 0 Å². The van der Waals surface area contributed by atoms with Gasteiger partial charge in [-0.15, -0.1) is 0 Å². The number of rotatable bonds is 7. The summed E-state index contributed by atoms with van der Waals surface area (Å²) in [7, 11) is 1.90. The van der Waals surface area contributed by atoms with Crippen molar-refractivity contribution in [3.8, 4) is 5.75 Å². The lowest BCUT2D eigenvalue weighted by Gasteiger charge is -2.09. The minimum absolute atomic E-state index is 0.0479. The van der Waals surface area contributed by atoms with Crippen molar-refractivity contribution in [1.82, 2.24) is 14.9 Å². The Balaban J connectivity index is 2.02. The number of nitrogens with zero attached hydrogens (tertiary/aromatic N) is 4. The first-order valence-corrected chi connectivity index (χ1v) is 7.49. The normalized spacial score (nSPS) is 10.8. The number of aliphatic imine (C=N–C) groups is 1. The van der Waals surface area contributed by atoms with Crippen molar-refractivity contribution in [3.05, 3.63) is 47.8 Å². The molecule has 126 valence electrons. The van der Waals surface area contributed by atoms with Gasteiger partial charge in [0.25, 0.3) is 0 Å². The molecule has 1 aromatic heterocycles. The van der Waals surface area contributed by atoms with Gasteiger partial charge in [0.05, 0.1) is 18.2 Å². The van der Waals surface area contributed by atoms with Gasteiger partial charge in [0.2, 0.25) is 5.78 Å². The number of benzene rings is 1. The summed E-state index contributed by atoms with van der Waals surface area (Å²) in [6, 6.07) is 5.60. The minimum Gasteiger partial charge on any atom is -0.485 e. The van der Waals surface area contributed by atoms with Gasteiger partial charge in [0.1, 0.15) is 17.3 Å². The maximum atomic E-state index is 13.1. The summed E-state index contributed by atoms with van der Waals surface area (Å²) in [6.07, 6.45) is 3.18. The quantitative estimate of drug-likeness (QED) is 0.444. The molecule has 1 heterocycles. The first-order valence-electron chi connectivity index (χ1n) is 7.49. The molecule has 1 aromatic carbocycles. The van der Waals surface area contributed by atoms with Crippen LogP contribution in [-0.4, -0.2) is 47.2 Å². The number of hydrogen-bond acceptors (Lipinski definition) is 5. The average molecular weight is 330 g/mol. The third kappa shape index (κ3) is 4.84. The fourth-order valence-electron chi connectivity index (χ4n) is 1.73. The Morgan fingerprint density at radius 3 is 2.92 bits per heavy atom. The zero-order chi connectivity index (χ0) is 17.5. The van der Waals surface area contributed by atoms with Crippen molar-refractivity contribution >= 4 is 17.8 Å². The number of carbonyl (C=O) groups excluding carboxylic acids is 1. The summed E-state index contributed by atoms with van der Waals surface area (Å²) >= 11 is 0. The molecule has 0 saturated carbocycles. The van der Waals surface area contributed by atoms with Crippen LogP contribution in [0.1, 0.15) is 23.2 Å². The van der Waals surface area contributed by atoms with E-state index in [1.54, 1.807) is 19.3 Å². The summed E-state index contributed by atoms with van der Waals surface area (Å²) in [5, 5.41) is 0. The van der Waals surface area contributed by atoms with E-state index in [0.717, 1.165) is 6.54 Å². The van der Waals surface area contributed by atoms with Crippen molar-refractivity contribution in [3.63, 3.8) is 0 Å². The highest BCUT2D eigenvalue weighted by Gasteiger charge is 2.12. The summed E-state index contributed by atoms with van der Waals surface area (Å²) in [4.78, 5) is 26.5. The topological polar surface area (TPSA) is 67.7 Å². The Hall–Kier alpha value is -2.83. The molecule has 2 rings (SSSR count). The van der Waals surface area contributed by atoms with Gasteiger partial charge >= 0.3 is 0 Å². The molecule has 0 bridgehead atoms. The summed E-state index contributed by atoms with van der Waals surface area (Å²) < 4.78 is 18.3. The van der Waals surface area contributed by atoms with Crippen LogP contribution < -0.4 is 4.74 Å². The van der Waals surface area contributed by atoms with E-state index in [9.17, 15) is 9.18 Å². The molecule has 6 nitrogen and oxygen atoms in total. The fraction of sp³-hybridized carbons (Fsp3) is 0.294. The van der Waals surface area contributed by atoms with Crippen LogP contribution in [0.5, 0.6) is 5.75 Å². The fourth-order valence-corrected chi connectivity index (χ4v) is 1.73. The van der Waals surface area contributed by atoms with E-state index in [-0.39, 0.29) is 24.0 Å². The number of hydrogen-bond donors (Lipinski definition) is 0. The number of carbonyl (C=O) groups is 1. The molecular weight excluding hydrogens is 311 g/mol. The smallest absolute Gasteiger partial charge is 0.237 e. The zero-order valence-corrected chi connectivity index (χ0v) is 13.9. The molecule has 7 heteroatoms. The minimum atomic E-state index is -0.425. The highest BCUT2D eigenvalue weighted by molar-refractivity contribution is 5.93. The van der Waals surface area contributed by atoms with E-state index in [2.05, 4.69) is 15.0 Å². The van der Waals surface area contributed by atoms with Gasteiger partial charge in [0.15, 0.2) is 12.4 Å². The molecule has 0 atom stereocenters. The standard InChI is InChI=1S/C17H19FN4O2/c1-4-22(3)11-20-15-9-19-17(21-12(15)2)16(23)10-24-14-7-5-6-13(18)8-14/h5-9,11H,4,10H2,1-3H3/b20-11+. The summed E-state index contributed by atoms with van der Waals surface area (Å²) in [5.74, 6) is -0.481. The van der Waals surface area contributed by atoms with Gasteiger partial charge in [-0.3, -0.25) is 4.79 Å². The van der Waals surface area contributed by atoms with Crippen LogP contribution in [-0.2, 0) is 0 Å². The second-order valence-corrected chi connectivity index (χ2v) is 5.15. The van der Waals surface area contributed by atoms with Gasteiger partial charge in [0, 0.05) is 19.7 Å². The molecule has 24 heavy (non-hydrogen) atoms. The second-order valence-electron chi connectivity index (χ2n) is 5.15. The second kappa shape index (κ2) is 8.14. The Kier molecular flexibility index (Phi) is 5.95. The van der Waals surface area contributed by atoms with Crippen LogP contribution in [0.4, 0.5) is 10.1 Å². The molecular formula is C17H19FN4O2. The van der Waals surface area contributed by atoms with Gasteiger partial charge in [-0.2, -0.15) is 0 Å². The van der Waals surface area contributed by atoms with Crippen LogP contribution in [0, 0.1) is 12.7 Å². The first kappa shape index (κ1) is 17.5. The maximum Gasteiger partial charge on any atom is 0.237 e. The lowest BCUT2D eigenvalue weighted by molar-refractivity contribution is 0.0910. The molecule has 0 N–H and O–H groups in total. The molecule has 0 amide bonds. The van der Waals surface area contributed by atoms with E-state index in [0.29, 0.717) is 11.4 Å². The lowest BCUT2D eigenvalue weighted by Crippen LogP contribution is -2.16. The summed E-state index contributed by atoms with van der Waals surface area (Å²) in [6.45, 7) is 4.34. The zero-order valence-electron chi connectivity index (χ0n) is 13.9.